The van der Waals surface area contributed by atoms with Gasteiger partial charge in [0.15, 0.2) is 0 Å². The number of morpholine rings is 1. The van der Waals surface area contributed by atoms with E-state index in [0.717, 1.165) is 30.5 Å². The highest BCUT2D eigenvalue weighted by atomic mass is 16.5. The molecule has 2 saturated heterocycles. The molecule has 0 aromatic heterocycles. The average molecular weight is 342 g/mol. The lowest BCUT2D eigenvalue weighted by atomic mass is 9.96. The molecule has 0 aliphatic carbocycles. The summed E-state index contributed by atoms with van der Waals surface area (Å²) in [5.74, 6) is 0.0895. The van der Waals surface area contributed by atoms with Crippen molar-refractivity contribution in [3.05, 3.63) is 42.0 Å². The Labute approximate surface area is 149 Å². The second-order valence-corrected chi connectivity index (χ2v) is 6.75. The first-order valence-corrected chi connectivity index (χ1v) is 9.04. The Hall–Kier alpha value is -2.14. The Morgan fingerprint density at radius 1 is 1.08 bits per heavy atom. The van der Waals surface area contributed by atoms with E-state index >= 15 is 0 Å². The third-order valence-electron chi connectivity index (χ3n) is 4.97. The molecule has 25 heavy (non-hydrogen) atoms. The van der Waals surface area contributed by atoms with Crippen LogP contribution in [0.15, 0.2) is 36.4 Å². The van der Waals surface area contributed by atoms with Gasteiger partial charge in [0.05, 0.1) is 19.1 Å². The highest BCUT2D eigenvalue weighted by molar-refractivity contribution is 5.95. The van der Waals surface area contributed by atoms with E-state index < -0.39 is 0 Å². The van der Waals surface area contributed by atoms with Crippen molar-refractivity contribution in [2.45, 2.75) is 19.8 Å². The molecule has 0 bridgehead atoms. The van der Waals surface area contributed by atoms with Gasteiger partial charge in [-0.3, -0.25) is 9.59 Å². The maximum Gasteiger partial charge on any atom is 0.246 e. The van der Waals surface area contributed by atoms with Gasteiger partial charge >= 0.3 is 0 Å². The summed E-state index contributed by atoms with van der Waals surface area (Å²) in [5.41, 5.74) is 2.00. The zero-order chi connectivity index (χ0) is 17.6. The lowest BCUT2D eigenvalue weighted by Gasteiger charge is -2.36. The monoisotopic (exact) mass is 342 g/mol. The summed E-state index contributed by atoms with van der Waals surface area (Å²) in [5, 5.41) is 0. The summed E-state index contributed by atoms with van der Waals surface area (Å²) in [6.07, 6.45) is 3.43. The predicted octanol–water partition coefficient (Wildman–Crippen LogP) is 2.19. The molecule has 5 nitrogen and oxygen atoms in total. The molecule has 1 aromatic rings. The molecule has 134 valence electrons. The Balaban J connectivity index is 1.62. The van der Waals surface area contributed by atoms with Crippen LogP contribution >= 0.6 is 0 Å². The van der Waals surface area contributed by atoms with Crippen LogP contribution in [0.3, 0.4) is 0 Å². The van der Waals surface area contributed by atoms with Gasteiger partial charge in [-0.2, -0.15) is 0 Å². The molecule has 1 atom stereocenters. The molecule has 0 unspecified atom stereocenters. The second kappa shape index (κ2) is 8.30. The van der Waals surface area contributed by atoms with Crippen molar-refractivity contribution in [1.29, 1.82) is 0 Å². The molecule has 2 fully saturated rings. The fourth-order valence-electron chi connectivity index (χ4n) is 3.48. The number of piperidine rings is 1. The lowest BCUT2D eigenvalue weighted by Crippen LogP contribution is -2.49. The minimum absolute atomic E-state index is 0.000769. The van der Waals surface area contributed by atoms with Crippen molar-refractivity contribution < 1.29 is 14.3 Å². The number of hydrogen-bond donors (Lipinski definition) is 0. The maximum atomic E-state index is 12.7. The Morgan fingerprint density at radius 3 is 2.52 bits per heavy atom. The van der Waals surface area contributed by atoms with Crippen LogP contribution in [0.4, 0.5) is 0 Å². The van der Waals surface area contributed by atoms with Crippen LogP contribution in [-0.4, -0.2) is 61.0 Å². The normalized spacial score (nSPS) is 22.0. The van der Waals surface area contributed by atoms with Crippen LogP contribution in [0, 0.1) is 5.92 Å². The number of benzene rings is 1. The molecule has 0 spiro atoms. The zero-order valence-corrected chi connectivity index (χ0v) is 14.8. The molecular formula is C20H26N2O3. The minimum Gasteiger partial charge on any atom is -0.378 e. The van der Waals surface area contributed by atoms with Crippen molar-refractivity contribution >= 4 is 17.4 Å². The fraction of sp³-hybridized carbons (Fsp3) is 0.500. The van der Waals surface area contributed by atoms with E-state index in [1.807, 2.05) is 47.1 Å². The molecule has 1 aromatic carbocycles. The van der Waals surface area contributed by atoms with E-state index in [-0.39, 0.29) is 17.7 Å². The third kappa shape index (κ3) is 4.48. The molecular weight excluding hydrogens is 316 g/mol. The van der Waals surface area contributed by atoms with E-state index in [0.29, 0.717) is 32.8 Å². The number of carbonyl (C=O) groups excluding carboxylic acids is 2. The maximum absolute atomic E-state index is 12.7. The molecule has 0 saturated carbocycles. The first-order chi connectivity index (χ1) is 12.1. The molecule has 2 aliphatic rings. The quantitative estimate of drug-likeness (QED) is 0.791. The number of rotatable bonds is 3. The van der Waals surface area contributed by atoms with E-state index in [4.69, 9.17) is 4.74 Å². The van der Waals surface area contributed by atoms with Gasteiger partial charge in [-0.25, -0.2) is 0 Å². The largest absolute Gasteiger partial charge is 0.378 e. The van der Waals surface area contributed by atoms with Crippen molar-refractivity contribution in [2.24, 2.45) is 5.92 Å². The number of ether oxygens (including phenoxy) is 1. The standard InChI is InChI=1S/C20H26N2O3/c1-16(17-6-3-2-4-7-17)14-19(23)22-9-5-8-18(15-22)20(24)21-10-12-25-13-11-21/h2-4,6-7,14,18H,5,8-13,15H2,1H3/b16-14-/t18-/m1/s1. The van der Waals surface area contributed by atoms with Gasteiger partial charge < -0.3 is 14.5 Å². The van der Waals surface area contributed by atoms with Gasteiger partial charge in [-0.1, -0.05) is 30.3 Å². The first kappa shape index (κ1) is 17.7. The summed E-state index contributed by atoms with van der Waals surface area (Å²) in [6, 6.07) is 9.90. The number of likely N-dealkylation sites (tertiary alicyclic amines) is 1. The van der Waals surface area contributed by atoms with Gasteiger partial charge in [0, 0.05) is 32.3 Å². The third-order valence-corrected chi connectivity index (χ3v) is 4.97. The SMILES string of the molecule is C/C(=C/C(=O)N1CCC[C@@H](C(=O)N2CCOCC2)C1)c1ccccc1. The Morgan fingerprint density at radius 2 is 1.80 bits per heavy atom. The number of carbonyl (C=O) groups is 2. The zero-order valence-electron chi connectivity index (χ0n) is 14.8. The summed E-state index contributed by atoms with van der Waals surface area (Å²) >= 11 is 0. The summed E-state index contributed by atoms with van der Waals surface area (Å²) < 4.78 is 5.32. The van der Waals surface area contributed by atoms with Crippen LogP contribution in [0.25, 0.3) is 5.57 Å². The number of allylic oxidation sites excluding steroid dienone is 1. The van der Waals surface area contributed by atoms with Crippen molar-refractivity contribution in [3.8, 4) is 0 Å². The highest BCUT2D eigenvalue weighted by Crippen LogP contribution is 2.21. The summed E-state index contributed by atoms with van der Waals surface area (Å²) in [4.78, 5) is 29.0. The van der Waals surface area contributed by atoms with E-state index in [2.05, 4.69) is 0 Å². The summed E-state index contributed by atoms with van der Waals surface area (Å²) in [6.45, 7) is 5.75. The van der Waals surface area contributed by atoms with Gasteiger partial charge in [0.2, 0.25) is 11.8 Å². The molecule has 3 rings (SSSR count). The molecule has 0 radical (unpaired) electrons. The molecule has 5 heteroatoms. The van der Waals surface area contributed by atoms with Crippen LogP contribution in [0.1, 0.15) is 25.3 Å². The van der Waals surface area contributed by atoms with Gasteiger partial charge in [-0.05, 0) is 30.9 Å². The smallest absolute Gasteiger partial charge is 0.246 e. The topological polar surface area (TPSA) is 49.9 Å². The van der Waals surface area contributed by atoms with Crippen molar-refractivity contribution in [2.75, 3.05) is 39.4 Å². The number of nitrogens with zero attached hydrogens (tertiary/aromatic N) is 2. The number of hydrogen-bond acceptors (Lipinski definition) is 3. The fourth-order valence-corrected chi connectivity index (χ4v) is 3.48. The minimum atomic E-state index is -0.0822. The highest BCUT2D eigenvalue weighted by Gasteiger charge is 2.31. The first-order valence-electron chi connectivity index (χ1n) is 9.04. The van der Waals surface area contributed by atoms with Crippen LogP contribution < -0.4 is 0 Å². The van der Waals surface area contributed by atoms with E-state index in [1.165, 1.54) is 0 Å². The Kier molecular flexibility index (Phi) is 5.87. The second-order valence-electron chi connectivity index (χ2n) is 6.75. The lowest BCUT2D eigenvalue weighted by molar-refractivity contribution is -0.143. The van der Waals surface area contributed by atoms with Crippen molar-refractivity contribution in [1.82, 2.24) is 9.80 Å². The van der Waals surface area contributed by atoms with Crippen molar-refractivity contribution in [3.63, 3.8) is 0 Å². The predicted molar refractivity (Wildman–Crippen MR) is 96.8 cm³/mol. The van der Waals surface area contributed by atoms with Crippen LogP contribution in [0.5, 0.6) is 0 Å². The molecule has 2 aliphatic heterocycles. The van der Waals surface area contributed by atoms with Crippen LogP contribution in [-0.2, 0) is 14.3 Å². The molecule has 2 amide bonds. The average Bonchev–Trinajstić information content (AvgIpc) is 2.68. The van der Waals surface area contributed by atoms with E-state index in [9.17, 15) is 9.59 Å². The Bertz CT molecular complexity index is 636. The van der Waals surface area contributed by atoms with Gasteiger partial charge in [0.25, 0.3) is 0 Å². The molecule has 0 N–H and O–H groups in total. The van der Waals surface area contributed by atoms with Gasteiger partial charge in [-0.15, -0.1) is 0 Å². The van der Waals surface area contributed by atoms with Gasteiger partial charge in [0.1, 0.15) is 0 Å². The van der Waals surface area contributed by atoms with Crippen LogP contribution in [0.2, 0.25) is 0 Å². The number of amides is 2. The summed E-state index contributed by atoms with van der Waals surface area (Å²) in [7, 11) is 0. The van der Waals surface area contributed by atoms with E-state index in [1.54, 1.807) is 6.08 Å². The molecule has 2 heterocycles.